The van der Waals surface area contributed by atoms with Gasteiger partial charge in [-0.3, -0.25) is 5.41 Å². The summed E-state index contributed by atoms with van der Waals surface area (Å²) in [6.07, 6.45) is 4.74. The fraction of sp³-hybridized carbons (Fsp3) is 0.400. The van der Waals surface area contributed by atoms with Gasteiger partial charge in [-0.15, -0.1) is 0 Å². The van der Waals surface area contributed by atoms with Crippen molar-refractivity contribution in [1.29, 1.82) is 10.8 Å². The summed E-state index contributed by atoms with van der Waals surface area (Å²) in [5.41, 5.74) is 1.35. The van der Waals surface area contributed by atoms with Crippen LogP contribution in [0.15, 0.2) is 23.5 Å². The van der Waals surface area contributed by atoms with E-state index in [0.717, 1.165) is 18.4 Å². The molecule has 0 aromatic carbocycles. The maximum absolute atomic E-state index is 7.82. The standard InChI is InChI=1S/C10H14N2O2.2ClH.Mn/c1-3-7-4-5-8(14-6-11)10(13-2)9(7)12;;;/h4-6,10-12H,3H2,1-2H3;2*1H;/q;;;+2/p-2. The fourth-order valence-electron chi connectivity index (χ4n) is 1.38. The van der Waals surface area contributed by atoms with Crippen LogP contribution >= 0.6 is 0 Å². The first-order chi connectivity index (χ1) is 6.74. The predicted octanol–water partition coefficient (Wildman–Crippen LogP) is -4.12. The summed E-state index contributed by atoms with van der Waals surface area (Å²) < 4.78 is 10.1. The molecule has 0 amide bonds. The van der Waals surface area contributed by atoms with E-state index < -0.39 is 6.10 Å². The van der Waals surface area contributed by atoms with Crippen LogP contribution in [-0.2, 0) is 26.5 Å². The molecular formula is C10H14Cl2MnN2O2. The molecular weight excluding hydrogens is 306 g/mol. The van der Waals surface area contributed by atoms with E-state index >= 15 is 0 Å². The van der Waals surface area contributed by atoms with E-state index in [0.29, 0.717) is 11.5 Å². The van der Waals surface area contributed by atoms with Crippen LogP contribution in [0.2, 0.25) is 0 Å². The first-order valence-electron chi connectivity index (χ1n) is 4.42. The number of hydrogen-bond acceptors (Lipinski definition) is 4. The molecule has 0 bridgehead atoms. The molecule has 0 heterocycles. The summed E-state index contributed by atoms with van der Waals surface area (Å²) >= 11 is 0. The monoisotopic (exact) mass is 319 g/mol. The molecule has 1 aliphatic rings. The Morgan fingerprint density at radius 3 is 2.35 bits per heavy atom. The average Bonchev–Trinajstić information content (AvgIpc) is 2.19. The Balaban J connectivity index is -0.000000653. The van der Waals surface area contributed by atoms with Crippen LogP contribution in [0.5, 0.6) is 0 Å². The van der Waals surface area contributed by atoms with Gasteiger partial charge in [0.25, 0.3) is 0 Å². The van der Waals surface area contributed by atoms with Gasteiger partial charge >= 0.3 is 17.1 Å². The van der Waals surface area contributed by atoms with Gasteiger partial charge in [-0.2, -0.15) is 0 Å². The smallest absolute Gasteiger partial charge is 1.00 e. The van der Waals surface area contributed by atoms with Gasteiger partial charge in [-0.25, -0.2) is 0 Å². The minimum atomic E-state index is -0.475. The van der Waals surface area contributed by atoms with Crippen molar-refractivity contribution < 1.29 is 51.4 Å². The molecule has 2 N–H and O–H groups in total. The van der Waals surface area contributed by atoms with Crippen molar-refractivity contribution in [3.05, 3.63) is 23.5 Å². The van der Waals surface area contributed by atoms with Gasteiger partial charge in [0.05, 0.1) is 5.71 Å². The summed E-state index contributed by atoms with van der Waals surface area (Å²) in [4.78, 5) is 0. The summed E-state index contributed by atoms with van der Waals surface area (Å²) in [5, 5.41) is 14.7. The number of allylic oxidation sites excluding steroid dienone is 2. The molecule has 1 aliphatic carbocycles. The van der Waals surface area contributed by atoms with Crippen LogP contribution < -0.4 is 24.8 Å². The number of nitrogens with one attached hydrogen (secondary N) is 2. The van der Waals surface area contributed by atoms with Gasteiger partial charge in [-0.1, -0.05) is 13.0 Å². The van der Waals surface area contributed by atoms with Crippen LogP contribution in [0.4, 0.5) is 0 Å². The van der Waals surface area contributed by atoms with E-state index in [1.165, 1.54) is 7.11 Å². The van der Waals surface area contributed by atoms with Gasteiger partial charge in [0.2, 0.25) is 0 Å². The Hall–Kier alpha value is -0.321. The molecule has 1 atom stereocenters. The van der Waals surface area contributed by atoms with Gasteiger partial charge in [-0.05, 0) is 18.1 Å². The topological polar surface area (TPSA) is 66.2 Å². The quantitative estimate of drug-likeness (QED) is 0.314. The zero-order valence-corrected chi connectivity index (χ0v) is 12.2. The second-order valence-electron chi connectivity index (χ2n) is 2.88. The first-order valence-corrected chi connectivity index (χ1v) is 4.42. The van der Waals surface area contributed by atoms with Crippen molar-refractivity contribution >= 4 is 12.1 Å². The maximum atomic E-state index is 7.82. The van der Waals surface area contributed by atoms with Gasteiger partial charge in [0.15, 0.2) is 12.5 Å². The normalized spacial score (nSPS) is 17.5. The molecule has 1 rings (SSSR count). The molecule has 0 saturated carbocycles. The van der Waals surface area contributed by atoms with Crippen LogP contribution in [0.1, 0.15) is 13.3 Å². The predicted molar refractivity (Wildman–Crippen MR) is 54.8 cm³/mol. The maximum Gasteiger partial charge on any atom is 2.00 e. The van der Waals surface area contributed by atoms with E-state index in [1.807, 2.05) is 13.0 Å². The van der Waals surface area contributed by atoms with E-state index in [4.69, 9.17) is 20.3 Å². The number of methoxy groups -OCH3 is 1. The summed E-state index contributed by atoms with van der Waals surface area (Å²) in [6.45, 7) is 1.99. The summed E-state index contributed by atoms with van der Waals surface area (Å²) in [7, 11) is 1.53. The molecule has 1 unspecified atom stereocenters. The Morgan fingerprint density at radius 2 is 1.94 bits per heavy atom. The Morgan fingerprint density at radius 1 is 1.35 bits per heavy atom. The van der Waals surface area contributed by atoms with Gasteiger partial charge < -0.3 is 39.7 Å². The number of hydrogen-bond donors (Lipinski definition) is 2. The van der Waals surface area contributed by atoms with Crippen molar-refractivity contribution in [2.75, 3.05) is 7.11 Å². The van der Waals surface area contributed by atoms with Crippen molar-refractivity contribution in [3.8, 4) is 0 Å². The Labute approximate surface area is 124 Å². The Kier molecular flexibility index (Phi) is 13.9. The zero-order chi connectivity index (χ0) is 10.6. The molecule has 97 valence electrons. The second kappa shape index (κ2) is 10.8. The van der Waals surface area contributed by atoms with E-state index in [1.54, 1.807) is 6.08 Å². The third-order valence-electron chi connectivity index (χ3n) is 2.13. The van der Waals surface area contributed by atoms with E-state index in [-0.39, 0.29) is 41.9 Å². The minimum absolute atomic E-state index is 0. The zero-order valence-electron chi connectivity index (χ0n) is 9.47. The first kappa shape index (κ1) is 21.9. The number of rotatable bonds is 4. The molecule has 17 heavy (non-hydrogen) atoms. The van der Waals surface area contributed by atoms with Crippen molar-refractivity contribution in [1.82, 2.24) is 0 Å². The van der Waals surface area contributed by atoms with Gasteiger partial charge in [0.1, 0.15) is 5.76 Å². The molecule has 0 aliphatic heterocycles. The van der Waals surface area contributed by atoms with Crippen LogP contribution in [0.3, 0.4) is 0 Å². The van der Waals surface area contributed by atoms with Crippen molar-refractivity contribution in [3.63, 3.8) is 0 Å². The van der Waals surface area contributed by atoms with Crippen LogP contribution in [0.25, 0.3) is 0 Å². The average molecular weight is 320 g/mol. The second-order valence-corrected chi connectivity index (χ2v) is 2.88. The molecule has 1 radical (unpaired) electrons. The van der Waals surface area contributed by atoms with E-state index in [2.05, 4.69) is 0 Å². The van der Waals surface area contributed by atoms with Crippen LogP contribution in [0, 0.1) is 10.8 Å². The summed E-state index contributed by atoms with van der Waals surface area (Å²) in [5.74, 6) is 0.490. The molecule has 4 nitrogen and oxygen atoms in total. The molecule has 0 saturated heterocycles. The largest absolute Gasteiger partial charge is 2.00 e. The van der Waals surface area contributed by atoms with Crippen molar-refractivity contribution in [2.24, 2.45) is 0 Å². The minimum Gasteiger partial charge on any atom is -1.00 e. The molecule has 7 heteroatoms. The number of halogens is 2. The summed E-state index contributed by atoms with van der Waals surface area (Å²) in [6, 6.07) is 0. The SMILES string of the molecule is CCC1=CC=C(OC=N)C(OC)C1=N.[Cl-].[Cl-].[Mn+2]. The van der Waals surface area contributed by atoms with E-state index in [9.17, 15) is 0 Å². The molecule has 0 spiro atoms. The third kappa shape index (κ3) is 5.23. The molecule has 0 aromatic heterocycles. The number of ether oxygens (including phenoxy) is 2. The molecule has 0 aromatic rings. The van der Waals surface area contributed by atoms with Crippen LogP contribution in [-0.4, -0.2) is 25.3 Å². The van der Waals surface area contributed by atoms with Gasteiger partial charge in [0, 0.05) is 7.11 Å². The van der Waals surface area contributed by atoms with Crippen molar-refractivity contribution in [2.45, 2.75) is 19.4 Å². The molecule has 0 fully saturated rings. The third-order valence-corrected chi connectivity index (χ3v) is 2.13. The fourth-order valence-corrected chi connectivity index (χ4v) is 1.38. The Bertz CT molecular complexity index is 319.